The van der Waals surface area contributed by atoms with Crippen LogP contribution in [0.5, 0.6) is 5.75 Å². The SMILES string of the molecule is COC(=O)c1ccc(OCCc2c(CCNS(=O)(=O)CS(=O)c3ccc(Cl)c(Cl)c3)n(C(c3ccccc3)c3ccccc3)c3ccc(Cl)cc23)cc1. The molecule has 1 N–H and O–H groups in total. The Labute approximate surface area is 326 Å². The molecule has 0 aliphatic rings. The molecule has 1 atom stereocenters. The van der Waals surface area contributed by atoms with Gasteiger partial charge in [0.25, 0.3) is 0 Å². The molecular weight excluding hydrogens is 775 g/mol. The normalized spacial score (nSPS) is 12.2. The number of halogens is 3. The molecule has 0 fully saturated rings. The summed E-state index contributed by atoms with van der Waals surface area (Å²) in [6, 6.07) is 36.8. The van der Waals surface area contributed by atoms with Gasteiger partial charge < -0.3 is 14.0 Å². The molecule has 8 nitrogen and oxygen atoms in total. The molecule has 1 heterocycles. The molecule has 0 bridgehead atoms. The molecule has 1 aromatic heterocycles. The van der Waals surface area contributed by atoms with Crippen molar-refractivity contribution in [3.05, 3.63) is 164 Å². The maximum atomic E-state index is 13.3. The van der Waals surface area contributed by atoms with Crippen molar-refractivity contribution >= 4 is 72.5 Å². The first-order chi connectivity index (χ1) is 25.5. The minimum absolute atomic E-state index is 0.0319. The second-order valence-corrected chi connectivity index (χ2v) is 17.0. The van der Waals surface area contributed by atoms with E-state index in [1.807, 2.05) is 54.6 Å². The number of ether oxygens (including phenoxy) is 2. The Morgan fingerprint density at radius 2 is 1.47 bits per heavy atom. The van der Waals surface area contributed by atoms with Crippen molar-refractivity contribution in [1.29, 1.82) is 0 Å². The summed E-state index contributed by atoms with van der Waals surface area (Å²) in [4.78, 5) is 12.2. The van der Waals surface area contributed by atoms with Gasteiger partial charge in [0.2, 0.25) is 10.0 Å². The topological polar surface area (TPSA) is 104 Å². The Balaban J connectivity index is 1.36. The molecule has 0 spiro atoms. The fraction of sp³-hybridized carbons (Fsp3) is 0.175. The van der Waals surface area contributed by atoms with E-state index in [9.17, 15) is 17.4 Å². The van der Waals surface area contributed by atoms with Gasteiger partial charge in [-0.15, -0.1) is 0 Å². The van der Waals surface area contributed by atoms with Gasteiger partial charge in [0.05, 0.1) is 46.2 Å². The van der Waals surface area contributed by atoms with Gasteiger partial charge >= 0.3 is 5.97 Å². The summed E-state index contributed by atoms with van der Waals surface area (Å²) in [5.74, 6) is 0.142. The molecule has 274 valence electrons. The van der Waals surface area contributed by atoms with E-state index in [0.717, 1.165) is 33.3 Å². The molecule has 0 saturated carbocycles. The third-order valence-corrected chi connectivity index (χ3v) is 13.2. The number of aromatic nitrogens is 1. The zero-order valence-electron chi connectivity index (χ0n) is 28.5. The molecule has 0 radical (unpaired) electrons. The highest BCUT2D eigenvalue weighted by atomic mass is 35.5. The summed E-state index contributed by atoms with van der Waals surface area (Å²) in [6.07, 6.45) is 0.757. The van der Waals surface area contributed by atoms with Crippen molar-refractivity contribution in [3.8, 4) is 5.75 Å². The van der Waals surface area contributed by atoms with Crippen LogP contribution in [-0.2, 0) is 38.4 Å². The average Bonchev–Trinajstić information content (AvgIpc) is 3.44. The van der Waals surface area contributed by atoms with Crippen molar-refractivity contribution in [3.63, 3.8) is 0 Å². The molecular formula is C40H35Cl3N2O6S2. The van der Waals surface area contributed by atoms with Crippen LogP contribution >= 0.6 is 34.8 Å². The molecule has 5 aromatic carbocycles. The van der Waals surface area contributed by atoms with Gasteiger partial charge in [-0.1, -0.05) is 95.5 Å². The number of sulfonamides is 1. The third kappa shape index (κ3) is 9.32. The second kappa shape index (κ2) is 17.3. The van der Waals surface area contributed by atoms with Gasteiger partial charge in [-0.3, -0.25) is 4.21 Å². The molecule has 1 unspecified atom stereocenters. The number of nitrogens with one attached hydrogen (secondary N) is 1. The van der Waals surface area contributed by atoms with Crippen molar-refractivity contribution in [2.45, 2.75) is 23.8 Å². The number of carbonyl (C=O) groups is 1. The highest BCUT2D eigenvalue weighted by molar-refractivity contribution is 8.04. The summed E-state index contributed by atoms with van der Waals surface area (Å²) in [6.45, 7) is 0.315. The summed E-state index contributed by atoms with van der Waals surface area (Å²) >= 11 is 18.7. The van der Waals surface area contributed by atoms with E-state index in [1.54, 1.807) is 24.3 Å². The monoisotopic (exact) mass is 808 g/mol. The summed E-state index contributed by atoms with van der Waals surface area (Å²) in [5.41, 5.74) is 5.25. The second-order valence-electron chi connectivity index (χ2n) is 12.1. The number of rotatable bonds is 15. The fourth-order valence-corrected chi connectivity index (χ4v) is 9.70. The van der Waals surface area contributed by atoms with E-state index in [-0.39, 0.29) is 34.1 Å². The van der Waals surface area contributed by atoms with Gasteiger partial charge in [-0.05, 0) is 77.4 Å². The highest BCUT2D eigenvalue weighted by Gasteiger charge is 2.26. The van der Waals surface area contributed by atoms with Crippen LogP contribution in [0.25, 0.3) is 10.9 Å². The Morgan fingerprint density at radius 3 is 2.09 bits per heavy atom. The highest BCUT2D eigenvalue weighted by Crippen LogP contribution is 2.38. The van der Waals surface area contributed by atoms with E-state index < -0.39 is 31.9 Å². The van der Waals surface area contributed by atoms with E-state index in [1.165, 1.54) is 25.3 Å². The zero-order chi connectivity index (χ0) is 37.5. The smallest absolute Gasteiger partial charge is 0.337 e. The van der Waals surface area contributed by atoms with Crippen LogP contribution in [0.15, 0.2) is 126 Å². The first-order valence-electron chi connectivity index (χ1n) is 16.6. The van der Waals surface area contributed by atoms with Crippen LogP contribution in [0, 0.1) is 0 Å². The largest absolute Gasteiger partial charge is 0.493 e. The minimum Gasteiger partial charge on any atom is -0.493 e. The number of benzene rings is 5. The van der Waals surface area contributed by atoms with Crippen molar-refractivity contribution in [2.75, 3.05) is 25.3 Å². The number of esters is 1. The predicted molar refractivity (Wildman–Crippen MR) is 212 cm³/mol. The van der Waals surface area contributed by atoms with Gasteiger partial charge in [0, 0.05) is 45.9 Å². The van der Waals surface area contributed by atoms with Crippen LogP contribution < -0.4 is 9.46 Å². The van der Waals surface area contributed by atoms with Crippen LogP contribution in [-0.4, -0.2) is 48.5 Å². The van der Waals surface area contributed by atoms with Crippen LogP contribution in [0.4, 0.5) is 0 Å². The van der Waals surface area contributed by atoms with Crippen molar-refractivity contribution in [2.24, 2.45) is 0 Å². The quantitative estimate of drug-likeness (QED) is 0.104. The molecule has 13 heteroatoms. The van der Waals surface area contributed by atoms with E-state index in [0.29, 0.717) is 29.2 Å². The maximum Gasteiger partial charge on any atom is 0.337 e. The zero-order valence-corrected chi connectivity index (χ0v) is 32.4. The lowest BCUT2D eigenvalue weighted by atomic mass is 9.97. The predicted octanol–water partition coefficient (Wildman–Crippen LogP) is 8.87. The van der Waals surface area contributed by atoms with Crippen LogP contribution in [0.2, 0.25) is 15.1 Å². The molecule has 0 saturated heterocycles. The maximum absolute atomic E-state index is 13.3. The first-order valence-corrected chi connectivity index (χ1v) is 20.7. The Bertz CT molecular complexity index is 2310. The number of methoxy groups -OCH3 is 1. The first kappa shape index (κ1) is 38.6. The Hall–Kier alpha value is -4.16. The van der Waals surface area contributed by atoms with E-state index in [4.69, 9.17) is 44.3 Å². The summed E-state index contributed by atoms with van der Waals surface area (Å²) in [5, 5.41) is 1.31. The Morgan fingerprint density at radius 1 is 0.811 bits per heavy atom. The number of nitrogens with zero attached hydrogens (tertiary/aromatic N) is 1. The standard InChI is InChI=1S/C40H35Cl3N2O6S2/c1-50-40(46)29-12-15-31(16-13-29)51-23-21-33-34-24-30(41)14-19-37(34)45(39(27-8-4-2-5-9-27)28-10-6-3-7-11-28)38(33)20-22-44-53(48,49)26-52(47)32-17-18-35(42)36(43)25-32/h2-19,24-25,39,44H,20-23,26H2,1H3. The van der Waals surface area contributed by atoms with Gasteiger partial charge in [0.1, 0.15) is 10.8 Å². The lowest BCUT2D eigenvalue weighted by Gasteiger charge is -2.25. The third-order valence-electron chi connectivity index (χ3n) is 8.67. The Kier molecular flexibility index (Phi) is 12.6. The van der Waals surface area contributed by atoms with Crippen LogP contribution in [0.1, 0.15) is 38.8 Å². The van der Waals surface area contributed by atoms with Gasteiger partial charge in [0.15, 0.2) is 0 Å². The van der Waals surface area contributed by atoms with Gasteiger partial charge in [-0.2, -0.15) is 0 Å². The minimum atomic E-state index is -3.99. The number of fused-ring (bicyclic) bond motifs is 1. The summed E-state index contributed by atoms with van der Waals surface area (Å²) < 4.78 is 55.5. The van der Waals surface area contributed by atoms with Crippen molar-refractivity contribution in [1.82, 2.24) is 9.29 Å². The molecule has 0 aliphatic carbocycles. The number of carbonyl (C=O) groups excluding carboxylic acids is 1. The van der Waals surface area contributed by atoms with E-state index >= 15 is 0 Å². The van der Waals surface area contributed by atoms with Crippen molar-refractivity contribution < 1.29 is 26.9 Å². The van der Waals surface area contributed by atoms with Gasteiger partial charge in [-0.25, -0.2) is 17.9 Å². The molecule has 6 aromatic rings. The van der Waals surface area contributed by atoms with E-state index in [2.05, 4.69) is 33.6 Å². The average molecular weight is 810 g/mol. The molecule has 6 rings (SSSR count). The molecule has 0 amide bonds. The van der Waals surface area contributed by atoms with Crippen LogP contribution in [0.3, 0.4) is 0 Å². The molecule has 53 heavy (non-hydrogen) atoms. The molecule has 0 aliphatic heterocycles. The number of hydrogen-bond donors (Lipinski definition) is 1. The summed E-state index contributed by atoms with van der Waals surface area (Å²) in [7, 11) is -4.54. The number of hydrogen-bond acceptors (Lipinski definition) is 6. The lowest BCUT2D eigenvalue weighted by Crippen LogP contribution is -2.31. The fourth-order valence-electron chi connectivity index (χ4n) is 6.28. The lowest BCUT2D eigenvalue weighted by molar-refractivity contribution is 0.0600.